The molecular formula is C22H30N2O4. The highest BCUT2D eigenvalue weighted by Crippen LogP contribution is 2.32. The van der Waals surface area contributed by atoms with Crippen LogP contribution < -0.4 is 10.1 Å². The van der Waals surface area contributed by atoms with Crippen LogP contribution in [0.1, 0.15) is 48.9 Å². The monoisotopic (exact) mass is 386 g/mol. The lowest BCUT2D eigenvalue weighted by atomic mass is 10.0. The molecule has 3 fully saturated rings. The van der Waals surface area contributed by atoms with Gasteiger partial charge < -0.3 is 19.7 Å². The first-order chi connectivity index (χ1) is 13.7. The zero-order valence-electron chi connectivity index (χ0n) is 16.4. The van der Waals surface area contributed by atoms with Gasteiger partial charge in [-0.05, 0) is 49.8 Å². The van der Waals surface area contributed by atoms with Gasteiger partial charge in [0.2, 0.25) is 5.91 Å². The van der Waals surface area contributed by atoms with E-state index < -0.39 is 0 Å². The van der Waals surface area contributed by atoms with E-state index in [0.717, 1.165) is 70.6 Å². The topological polar surface area (TPSA) is 67.9 Å². The molecule has 1 aromatic rings. The number of ether oxygens (including phenoxy) is 2. The van der Waals surface area contributed by atoms with Crippen molar-refractivity contribution in [1.82, 2.24) is 10.2 Å². The first kappa shape index (κ1) is 19.2. The lowest BCUT2D eigenvalue weighted by Crippen LogP contribution is -2.42. The number of piperidine rings is 1. The maximum Gasteiger partial charge on any atom is 0.251 e. The molecule has 4 rings (SSSR count). The zero-order valence-corrected chi connectivity index (χ0v) is 16.4. The number of amides is 2. The summed E-state index contributed by atoms with van der Waals surface area (Å²) in [4.78, 5) is 26.6. The van der Waals surface area contributed by atoms with Gasteiger partial charge in [-0.2, -0.15) is 0 Å². The van der Waals surface area contributed by atoms with Gasteiger partial charge in [0.15, 0.2) is 0 Å². The van der Waals surface area contributed by atoms with E-state index >= 15 is 0 Å². The molecule has 2 amide bonds. The first-order valence-corrected chi connectivity index (χ1v) is 10.6. The Kier molecular flexibility index (Phi) is 6.15. The number of benzene rings is 1. The molecule has 28 heavy (non-hydrogen) atoms. The standard InChI is InChI=1S/C22H30N2O4/c25-21(23-15-16-8-12-27-13-9-16)18-2-1-3-20(14-18)28-19-6-10-24(11-7-19)22(26)17-4-5-17/h1-3,14,16-17,19H,4-13,15H2,(H,23,25). The van der Waals surface area contributed by atoms with Crippen LogP contribution in [0.25, 0.3) is 0 Å². The quantitative estimate of drug-likeness (QED) is 0.816. The molecule has 1 saturated carbocycles. The molecule has 0 aromatic heterocycles. The third-order valence-corrected chi connectivity index (χ3v) is 5.97. The van der Waals surface area contributed by atoms with E-state index in [0.29, 0.717) is 23.9 Å². The van der Waals surface area contributed by atoms with Crippen LogP contribution in [0, 0.1) is 11.8 Å². The molecule has 0 atom stereocenters. The van der Waals surface area contributed by atoms with Crippen molar-refractivity contribution in [2.24, 2.45) is 11.8 Å². The normalized spacial score (nSPS) is 21.4. The van der Waals surface area contributed by atoms with Gasteiger partial charge in [0, 0.05) is 57.2 Å². The number of hydrogen-bond donors (Lipinski definition) is 1. The van der Waals surface area contributed by atoms with Crippen molar-refractivity contribution in [1.29, 1.82) is 0 Å². The summed E-state index contributed by atoms with van der Waals surface area (Å²) >= 11 is 0. The Morgan fingerprint density at radius 2 is 1.82 bits per heavy atom. The van der Waals surface area contributed by atoms with Gasteiger partial charge in [0.25, 0.3) is 5.91 Å². The molecule has 6 heteroatoms. The molecule has 6 nitrogen and oxygen atoms in total. The summed E-state index contributed by atoms with van der Waals surface area (Å²) in [6.45, 7) is 3.81. The Bertz CT molecular complexity index is 690. The predicted molar refractivity (Wildman–Crippen MR) is 105 cm³/mol. The fourth-order valence-electron chi connectivity index (χ4n) is 3.98. The molecule has 152 valence electrons. The van der Waals surface area contributed by atoms with Gasteiger partial charge in [0.1, 0.15) is 11.9 Å². The summed E-state index contributed by atoms with van der Waals surface area (Å²) in [5.41, 5.74) is 0.630. The van der Waals surface area contributed by atoms with Gasteiger partial charge in [-0.15, -0.1) is 0 Å². The minimum absolute atomic E-state index is 0.0539. The van der Waals surface area contributed by atoms with E-state index in [2.05, 4.69) is 5.32 Å². The van der Waals surface area contributed by atoms with Crippen LogP contribution in [0.15, 0.2) is 24.3 Å². The van der Waals surface area contributed by atoms with Crippen LogP contribution in [0.2, 0.25) is 0 Å². The molecule has 0 radical (unpaired) electrons. The van der Waals surface area contributed by atoms with Crippen molar-refractivity contribution >= 4 is 11.8 Å². The number of nitrogens with zero attached hydrogens (tertiary/aromatic N) is 1. The van der Waals surface area contributed by atoms with Crippen molar-refractivity contribution in [3.8, 4) is 5.75 Å². The number of carbonyl (C=O) groups is 2. The summed E-state index contributed by atoms with van der Waals surface area (Å²) in [7, 11) is 0. The lowest BCUT2D eigenvalue weighted by molar-refractivity contribution is -0.134. The fourth-order valence-corrected chi connectivity index (χ4v) is 3.98. The first-order valence-electron chi connectivity index (χ1n) is 10.6. The second-order valence-electron chi connectivity index (χ2n) is 8.21. The van der Waals surface area contributed by atoms with Crippen molar-refractivity contribution in [2.75, 3.05) is 32.8 Å². The second kappa shape index (κ2) is 8.95. The van der Waals surface area contributed by atoms with E-state index in [1.54, 1.807) is 0 Å². The van der Waals surface area contributed by atoms with E-state index in [4.69, 9.17) is 9.47 Å². The zero-order chi connectivity index (χ0) is 19.3. The number of hydrogen-bond acceptors (Lipinski definition) is 4. The summed E-state index contributed by atoms with van der Waals surface area (Å²) in [5.74, 6) is 1.78. The second-order valence-corrected chi connectivity index (χ2v) is 8.21. The largest absolute Gasteiger partial charge is 0.490 e. The number of nitrogens with one attached hydrogen (secondary N) is 1. The molecular weight excluding hydrogens is 356 g/mol. The average Bonchev–Trinajstić information content (AvgIpc) is 3.58. The van der Waals surface area contributed by atoms with Gasteiger partial charge >= 0.3 is 0 Å². The molecule has 0 bridgehead atoms. The van der Waals surface area contributed by atoms with Gasteiger partial charge in [-0.3, -0.25) is 9.59 Å². The molecule has 0 spiro atoms. The van der Waals surface area contributed by atoms with Crippen LogP contribution in [0.3, 0.4) is 0 Å². The molecule has 1 aliphatic carbocycles. The maximum atomic E-state index is 12.5. The Morgan fingerprint density at radius 1 is 1.07 bits per heavy atom. The van der Waals surface area contributed by atoms with Gasteiger partial charge in [-0.1, -0.05) is 6.07 Å². The van der Waals surface area contributed by atoms with E-state index in [1.807, 2.05) is 29.2 Å². The summed E-state index contributed by atoms with van der Waals surface area (Å²) in [6.07, 6.45) is 5.91. The fraction of sp³-hybridized carbons (Fsp3) is 0.636. The minimum atomic E-state index is -0.0539. The molecule has 2 aliphatic heterocycles. The Morgan fingerprint density at radius 3 is 2.54 bits per heavy atom. The van der Waals surface area contributed by atoms with E-state index in [1.165, 1.54) is 0 Å². The highest BCUT2D eigenvalue weighted by atomic mass is 16.5. The van der Waals surface area contributed by atoms with Gasteiger partial charge in [-0.25, -0.2) is 0 Å². The number of rotatable bonds is 6. The maximum absolute atomic E-state index is 12.5. The average molecular weight is 386 g/mol. The molecule has 3 aliphatic rings. The van der Waals surface area contributed by atoms with Crippen molar-refractivity contribution in [3.63, 3.8) is 0 Å². The molecule has 1 N–H and O–H groups in total. The molecule has 2 saturated heterocycles. The lowest BCUT2D eigenvalue weighted by Gasteiger charge is -2.32. The van der Waals surface area contributed by atoms with Crippen molar-refractivity contribution in [2.45, 2.75) is 44.6 Å². The molecule has 1 aromatic carbocycles. The summed E-state index contributed by atoms with van der Waals surface area (Å²) in [5, 5.41) is 3.04. The van der Waals surface area contributed by atoms with Crippen LogP contribution in [0.4, 0.5) is 0 Å². The summed E-state index contributed by atoms with van der Waals surface area (Å²) in [6, 6.07) is 7.41. The highest BCUT2D eigenvalue weighted by Gasteiger charge is 2.35. The van der Waals surface area contributed by atoms with Crippen molar-refractivity contribution < 1.29 is 19.1 Å². The summed E-state index contributed by atoms with van der Waals surface area (Å²) < 4.78 is 11.5. The molecule has 2 heterocycles. The van der Waals surface area contributed by atoms with E-state index in [9.17, 15) is 9.59 Å². The van der Waals surface area contributed by atoms with E-state index in [-0.39, 0.29) is 17.9 Å². The number of carbonyl (C=O) groups excluding carboxylic acids is 2. The SMILES string of the molecule is O=C(NCC1CCOCC1)c1cccc(OC2CCN(C(=O)C3CC3)CC2)c1. The van der Waals surface area contributed by atoms with Crippen molar-refractivity contribution in [3.05, 3.63) is 29.8 Å². The minimum Gasteiger partial charge on any atom is -0.490 e. The van der Waals surface area contributed by atoms with Crippen LogP contribution in [-0.2, 0) is 9.53 Å². The molecule has 0 unspecified atom stereocenters. The van der Waals surface area contributed by atoms with Crippen LogP contribution >= 0.6 is 0 Å². The van der Waals surface area contributed by atoms with Crippen LogP contribution in [-0.4, -0.2) is 55.7 Å². The third kappa shape index (κ3) is 5.04. The number of likely N-dealkylation sites (tertiary alicyclic amines) is 1. The Labute approximate surface area is 166 Å². The Balaban J connectivity index is 1.25. The Hall–Kier alpha value is -2.08. The smallest absolute Gasteiger partial charge is 0.251 e. The highest BCUT2D eigenvalue weighted by molar-refractivity contribution is 5.94. The van der Waals surface area contributed by atoms with Crippen LogP contribution in [0.5, 0.6) is 5.75 Å². The third-order valence-electron chi connectivity index (χ3n) is 5.97. The predicted octanol–water partition coefficient (Wildman–Crippen LogP) is 2.62. The van der Waals surface area contributed by atoms with Gasteiger partial charge in [0.05, 0.1) is 0 Å².